The molecular weight excluding hydrogens is 200 g/mol. The second kappa shape index (κ2) is 9.57. The van der Waals surface area contributed by atoms with E-state index in [0.29, 0.717) is 4.75 Å². The van der Waals surface area contributed by atoms with Gasteiger partial charge in [0.25, 0.3) is 0 Å². The van der Waals surface area contributed by atoms with E-state index in [1.54, 1.807) is 0 Å². The fourth-order valence-electron chi connectivity index (χ4n) is 1.86. The van der Waals surface area contributed by atoms with E-state index in [2.05, 4.69) is 27.7 Å². The van der Waals surface area contributed by atoms with Gasteiger partial charge in [-0.2, -0.15) is 11.8 Å². The van der Waals surface area contributed by atoms with Crippen molar-refractivity contribution in [2.24, 2.45) is 0 Å². The molecule has 15 heavy (non-hydrogen) atoms. The molecule has 0 atom stereocenters. The van der Waals surface area contributed by atoms with E-state index in [1.807, 2.05) is 11.8 Å². The van der Waals surface area contributed by atoms with Crippen LogP contribution in [0.2, 0.25) is 0 Å². The fourth-order valence-corrected chi connectivity index (χ4v) is 2.70. The molecule has 0 amide bonds. The number of thioether (sulfide) groups is 1. The maximum absolute atomic E-state index is 3.91. The van der Waals surface area contributed by atoms with Gasteiger partial charge in [0.1, 0.15) is 0 Å². The second-order valence-corrected chi connectivity index (χ2v) is 6.78. The monoisotopic (exact) mass is 229 g/mol. The third-order valence-corrected chi connectivity index (χ3v) is 4.06. The number of rotatable bonds is 10. The molecule has 0 aliphatic heterocycles. The molecule has 0 unspecified atom stereocenters. The molecule has 0 heterocycles. The van der Waals surface area contributed by atoms with E-state index in [-0.39, 0.29) is 0 Å². The van der Waals surface area contributed by atoms with Crippen molar-refractivity contribution in [1.82, 2.24) is 0 Å². The average Bonchev–Trinajstić information content (AvgIpc) is 2.16. The largest absolute Gasteiger partial charge is 0.156 e. The zero-order valence-corrected chi connectivity index (χ0v) is 11.8. The maximum Gasteiger partial charge on any atom is 0.0103 e. The van der Waals surface area contributed by atoms with Crippen LogP contribution in [0.25, 0.3) is 0 Å². The van der Waals surface area contributed by atoms with Gasteiger partial charge < -0.3 is 0 Å². The molecule has 0 aromatic heterocycles. The van der Waals surface area contributed by atoms with Crippen molar-refractivity contribution in [3.05, 3.63) is 6.92 Å². The molecule has 1 radical (unpaired) electrons. The lowest BCUT2D eigenvalue weighted by Crippen LogP contribution is -2.14. The first-order chi connectivity index (χ1) is 7.12. The molecule has 0 saturated carbocycles. The van der Waals surface area contributed by atoms with Gasteiger partial charge in [-0.05, 0) is 19.1 Å². The molecule has 0 bridgehead atoms. The van der Waals surface area contributed by atoms with Crippen LogP contribution in [-0.2, 0) is 0 Å². The van der Waals surface area contributed by atoms with Crippen LogP contribution in [0.15, 0.2) is 0 Å². The highest BCUT2D eigenvalue weighted by Gasteiger charge is 2.15. The fraction of sp³-hybridized carbons (Fsp3) is 0.929. The van der Waals surface area contributed by atoms with Gasteiger partial charge in [-0.15, -0.1) is 0 Å². The van der Waals surface area contributed by atoms with Gasteiger partial charge in [0, 0.05) is 4.75 Å². The zero-order chi connectivity index (χ0) is 11.6. The number of unbranched alkanes of at least 4 members (excludes halogenated alkanes) is 6. The Morgan fingerprint density at radius 3 is 2.00 bits per heavy atom. The van der Waals surface area contributed by atoms with Crippen molar-refractivity contribution < 1.29 is 0 Å². The van der Waals surface area contributed by atoms with Crippen LogP contribution in [0, 0.1) is 6.92 Å². The summed E-state index contributed by atoms with van der Waals surface area (Å²) < 4.78 is 0.450. The first kappa shape index (κ1) is 15.3. The summed E-state index contributed by atoms with van der Waals surface area (Å²) in [6.07, 6.45) is 11.3. The van der Waals surface area contributed by atoms with Gasteiger partial charge in [-0.1, -0.05) is 65.7 Å². The van der Waals surface area contributed by atoms with Crippen LogP contribution < -0.4 is 0 Å². The summed E-state index contributed by atoms with van der Waals surface area (Å²) in [6, 6.07) is 0. The molecule has 0 aromatic rings. The van der Waals surface area contributed by atoms with Gasteiger partial charge in [0.15, 0.2) is 0 Å². The lowest BCUT2D eigenvalue weighted by molar-refractivity contribution is 0.536. The summed E-state index contributed by atoms with van der Waals surface area (Å²) in [4.78, 5) is 0. The van der Waals surface area contributed by atoms with Crippen LogP contribution in [0.4, 0.5) is 0 Å². The summed E-state index contributed by atoms with van der Waals surface area (Å²) in [7, 11) is 0. The molecule has 0 aromatic carbocycles. The van der Waals surface area contributed by atoms with E-state index in [9.17, 15) is 0 Å². The van der Waals surface area contributed by atoms with E-state index in [4.69, 9.17) is 0 Å². The molecule has 91 valence electrons. The van der Waals surface area contributed by atoms with Gasteiger partial charge in [0.2, 0.25) is 0 Å². The molecule has 0 aliphatic rings. The molecular formula is C14H29S. The van der Waals surface area contributed by atoms with Gasteiger partial charge in [-0.25, -0.2) is 0 Å². The molecule has 0 fully saturated rings. The van der Waals surface area contributed by atoms with Crippen molar-refractivity contribution in [3.8, 4) is 0 Å². The first-order valence-corrected chi connectivity index (χ1v) is 7.54. The highest BCUT2D eigenvalue weighted by Crippen LogP contribution is 2.29. The standard InChI is InChI=1S/C14H29S/c1-5-7-8-9-10-11-12-13-14(3,4)15-6-2/h2,5-13H2,1,3-4H3. The zero-order valence-electron chi connectivity index (χ0n) is 11.0. The van der Waals surface area contributed by atoms with Gasteiger partial charge >= 0.3 is 0 Å². The SMILES string of the molecule is [CH2]CSC(C)(C)CCCCCCCCC. The van der Waals surface area contributed by atoms with E-state index < -0.39 is 0 Å². The third-order valence-electron chi connectivity index (χ3n) is 2.88. The highest BCUT2D eigenvalue weighted by atomic mass is 32.2. The third kappa shape index (κ3) is 10.6. The Morgan fingerprint density at radius 2 is 1.47 bits per heavy atom. The quantitative estimate of drug-likeness (QED) is 0.447. The normalized spacial score (nSPS) is 12.0. The van der Waals surface area contributed by atoms with Crippen molar-refractivity contribution in [1.29, 1.82) is 0 Å². The van der Waals surface area contributed by atoms with Gasteiger partial charge in [0.05, 0.1) is 0 Å². The van der Waals surface area contributed by atoms with Crippen molar-refractivity contribution in [3.63, 3.8) is 0 Å². The summed E-state index contributed by atoms with van der Waals surface area (Å²) >= 11 is 1.99. The van der Waals surface area contributed by atoms with Crippen LogP contribution in [0.3, 0.4) is 0 Å². The Bertz CT molecular complexity index is 129. The van der Waals surface area contributed by atoms with E-state index >= 15 is 0 Å². The summed E-state index contributed by atoms with van der Waals surface area (Å²) in [6.45, 7) is 10.9. The maximum atomic E-state index is 3.91. The molecule has 0 spiro atoms. The van der Waals surface area contributed by atoms with Crippen LogP contribution in [0.1, 0.15) is 72.1 Å². The van der Waals surface area contributed by atoms with Crippen molar-refractivity contribution >= 4 is 11.8 Å². The first-order valence-electron chi connectivity index (χ1n) is 6.55. The van der Waals surface area contributed by atoms with Crippen LogP contribution >= 0.6 is 11.8 Å². The Morgan fingerprint density at radius 1 is 0.933 bits per heavy atom. The lowest BCUT2D eigenvalue weighted by Gasteiger charge is -2.23. The molecule has 1 heteroatoms. The highest BCUT2D eigenvalue weighted by molar-refractivity contribution is 8.00. The predicted octanol–water partition coefficient (Wildman–Crippen LogP) is 5.47. The molecule has 0 nitrogen and oxygen atoms in total. The number of hydrogen-bond acceptors (Lipinski definition) is 1. The summed E-state index contributed by atoms with van der Waals surface area (Å²) in [5, 5.41) is 0. The minimum absolute atomic E-state index is 0.450. The smallest absolute Gasteiger partial charge is 0.0103 e. The summed E-state index contributed by atoms with van der Waals surface area (Å²) in [5.41, 5.74) is 0. The Labute approximate surface area is 102 Å². The molecule has 0 aliphatic carbocycles. The van der Waals surface area contributed by atoms with Crippen LogP contribution in [0.5, 0.6) is 0 Å². The molecule has 0 saturated heterocycles. The van der Waals surface area contributed by atoms with Crippen molar-refractivity contribution in [2.45, 2.75) is 76.9 Å². The van der Waals surface area contributed by atoms with E-state index in [0.717, 1.165) is 5.75 Å². The average molecular weight is 229 g/mol. The summed E-state index contributed by atoms with van der Waals surface area (Å²) in [5.74, 6) is 1.00. The van der Waals surface area contributed by atoms with E-state index in [1.165, 1.54) is 51.4 Å². The Kier molecular flexibility index (Phi) is 9.79. The molecule has 0 rings (SSSR count). The number of hydrogen-bond donors (Lipinski definition) is 0. The van der Waals surface area contributed by atoms with Gasteiger partial charge in [-0.3, -0.25) is 0 Å². The predicted molar refractivity (Wildman–Crippen MR) is 74.5 cm³/mol. The lowest BCUT2D eigenvalue weighted by atomic mass is 10.0. The molecule has 0 N–H and O–H groups in total. The topological polar surface area (TPSA) is 0 Å². The second-order valence-electron chi connectivity index (χ2n) is 4.98. The van der Waals surface area contributed by atoms with Crippen LogP contribution in [-0.4, -0.2) is 10.5 Å². The Hall–Kier alpha value is 0.350. The minimum Gasteiger partial charge on any atom is -0.156 e. The van der Waals surface area contributed by atoms with Crippen molar-refractivity contribution in [2.75, 3.05) is 5.75 Å². The Balaban J connectivity index is 3.22. The minimum atomic E-state index is 0.450.